The van der Waals surface area contributed by atoms with Crippen LogP contribution >= 0.6 is 0 Å². The number of aromatic nitrogens is 2. The molecule has 0 amide bonds. The van der Waals surface area contributed by atoms with Crippen LogP contribution < -0.4 is 0 Å². The number of aliphatic hydroxyl groups excluding tert-OH is 1. The Morgan fingerprint density at radius 2 is 1.90 bits per heavy atom. The average molecular weight is 266 g/mol. The first-order valence-corrected chi connectivity index (χ1v) is 6.80. The number of hydrogen-bond donors (Lipinski definition) is 1. The molecule has 0 bridgehead atoms. The second kappa shape index (κ2) is 5.10. The third-order valence-corrected chi connectivity index (χ3v) is 3.81. The molecule has 102 valence electrons. The highest BCUT2D eigenvalue weighted by Gasteiger charge is 2.11. The third-order valence-electron chi connectivity index (χ3n) is 3.81. The van der Waals surface area contributed by atoms with Crippen molar-refractivity contribution in [3.63, 3.8) is 0 Å². The summed E-state index contributed by atoms with van der Waals surface area (Å²) in [4.78, 5) is 4.35. The molecule has 0 saturated carbocycles. The first-order valence-electron chi connectivity index (χ1n) is 6.80. The maximum Gasteiger partial charge on any atom is 0.0969 e. The van der Waals surface area contributed by atoms with E-state index >= 15 is 0 Å². The molecule has 1 unspecified atom stereocenters. The van der Waals surface area contributed by atoms with Crippen LogP contribution in [0.25, 0.3) is 11.0 Å². The Balaban J connectivity index is 1.88. The quantitative estimate of drug-likeness (QED) is 0.789. The number of imidazole rings is 1. The molecule has 1 heterocycles. The van der Waals surface area contributed by atoms with E-state index in [0.717, 1.165) is 16.6 Å². The first-order chi connectivity index (χ1) is 9.65. The summed E-state index contributed by atoms with van der Waals surface area (Å²) in [5.41, 5.74) is 5.41. The van der Waals surface area contributed by atoms with Crippen LogP contribution in [-0.2, 0) is 6.54 Å². The van der Waals surface area contributed by atoms with Gasteiger partial charge >= 0.3 is 0 Å². The van der Waals surface area contributed by atoms with Crippen molar-refractivity contribution in [2.24, 2.45) is 0 Å². The van der Waals surface area contributed by atoms with E-state index in [1.165, 1.54) is 11.1 Å². The lowest BCUT2D eigenvalue weighted by molar-refractivity contribution is 0.158. The minimum atomic E-state index is -0.521. The number of hydrogen-bond acceptors (Lipinski definition) is 2. The summed E-state index contributed by atoms with van der Waals surface area (Å²) < 4.78 is 2.00. The number of fused-ring (bicyclic) bond motifs is 1. The van der Waals surface area contributed by atoms with E-state index in [4.69, 9.17) is 0 Å². The van der Waals surface area contributed by atoms with Crippen LogP contribution in [-0.4, -0.2) is 14.7 Å². The summed E-state index contributed by atoms with van der Waals surface area (Å²) in [6.45, 7) is 4.66. The van der Waals surface area contributed by atoms with Crippen molar-refractivity contribution < 1.29 is 5.11 Å². The van der Waals surface area contributed by atoms with Gasteiger partial charge in [0, 0.05) is 0 Å². The molecule has 20 heavy (non-hydrogen) atoms. The third kappa shape index (κ3) is 2.32. The second-order valence-corrected chi connectivity index (χ2v) is 5.25. The van der Waals surface area contributed by atoms with Crippen LogP contribution in [0.5, 0.6) is 0 Å². The molecule has 2 aromatic carbocycles. The van der Waals surface area contributed by atoms with Gasteiger partial charge in [0.2, 0.25) is 0 Å². The molecule has 0 fully saturated rings. The van der Waals surface area contributed by atoms with E-state index < -0.39 is 6.10 Å². The van der Waals surface area contributed by atoms with Crippen LogP contribution in [0, 0.1) is 13.8 Å². The van der Waals surface area contributed by atoms with E-state index in [-0.39, 0.29) is 0 Å². The summed E-state index contributed by atoms with van der Waals surface area (Å²) in [6, 6.07) is 14.1. The minimum Gasteiger partial charge on any atom is -0.387 e. The lowest BCUT2D eigenvalue weighted by Crippen LogP contribution is -2.08. The van der Waals surface area contributed by atoms with Gasteiger partial charge in [0.1, 0.15) is 0 Å². The molecule has 3 rings (SSSR count). The van der Waals surface area contributed by atoms with Gasteiger partial charge in [-0.2, -0.15) is 0 Å². The number of benzene rings is 2. The number of nitrogens with zero attached hydrogens (tertiary/aromatic N) is 2. The Morgan fingerprint density at radius 1 is 1.10 bits per heavy atom. The average Bonchev–Trinajstić information content (AvgIpc) is 2.85. The first kappa shape index (κ1) is 12.9. The zero-order valence-electron chi connectivity index (χ0n) is 11.7. The molecule has 3 nitrogen and oxygen atoms in total. The maximum absolute atomic E-state index is 10.4. The number of aryl methyl sites for hydroxylation is 2. The van der Waals surface area contributed by atoms with E-state index in [0.29, 0.717) is 6.54 Å². The van der Waals surface area contributed by atoms with Crippen molar-refractivity contribution in [2.75, 3.05) is 0 Å². The zero-order chi connectivity index (χ0) is 14.1. The molecule has 0 aliphatic rings. The monoisotopic (exact) mass is 266 g/mol. The summed E-state index contributed by atoms with van der Waals surface area (Å²) in [6.07, 6.45) is 1.27. The van der Waals surface area contributed by atoms with Gasteiger partial charge in [0.15, 0.2) is 0 Å². The van der Waals surface area contributed by atoms with Crippen molar-refractivity contribution >= 4 is 11.0 Å². The van der Waals surface area contributed by atoms with Crippen LogP contribution in [0.2, 0.25) is 0 Å². The van der Waals surface area contributed by atoms with Gasteiger partial charge in [-0.3, -0.25) is 0 Å². The Labute approximate surface area is 118 Å². The Bertz CT molecular complexity index is 746. The highest BCUT2D eigenvalue weighted by molar-refractivity contribution is 5.74. The normalized spacial score (nSPS) is 12.8. The molecule has 1 N–H and O–H groups in total. The molecule has 1 aromatic heterocycles. The topological polar surface area (TPSA) is 38.0 Å². The predicted molar refractivity (Wildman–Crippen MR) is 80.6 cm³/mol. The van der Waals surface area contributed by atoms with E-state index in [2.05, 4.69) is 31.0 Å². The summed E-state index contributed by atoms with van der Waals surface area (Å²) >= 11 is 0. The number of rotatable bonds is 3. The van der Waals surface area contributed by atoms with Gasteiger partial charge in [-0.1, -0.05) is 30.3 Å². The maximum atomic E-state index is 10.4. The minimum absolute atomic E-state index is 0.517. The van der Waals surface area contributed by atoms with E-state index in [1.807, 2.05) is 34.9 Å². The zero-order valence-corrected chi connectivity index (χ0v) is 11.7. The summed E-state index contributed by atoms with van der Waals surface area (Å²) in [5, 5.41) is 10.4. The molecule has 1 atom stereocenters. The van der Waals surface area contributed by atoms with Crippen molar-refractivity contribution in [3.05, 3.63) is 65.5 Å². The molecular weight excluding hydrogens is 248 g/mol. The Hall–Kier alpha value is -2.13. The summed E-state index contributed by atoms with van der Waals surface area (Å²) in [7, 11) is 0. The van der Waals surface area contributed by atoms with Gasteiger partial charge in [-0.25, -0.2) is 4.98 Å². The van der Waals surface area contributed by atoms with Crippen LogP contribution in [0.1, 0.15) is 22.8 Å². The molecule has 0 spiro atoms. The smallest absolute Gasteiger partial charge is 0.0969 e. The molecule has 3 heteroatoms. The Kier molecular flexibility index (Phi) is 3.28. The molecule has 0 aliphatic carbocycles. The summed E-state index contributed by atoms with van der Waals surface area (Å²) in [5.74, 6) is 0. The highest BCUT2D eigenvalue weighted by atomic mass is 16.3. The Morgan fingerprint density at radius 3 is 2.70 bits per heavy atom. The second-order valence-electron chi connectivity index (χ2n) is 5.25. The lowest BCUT2D eigenvalue weighted by Gasteiger charge is -2.14. The standard InChI is InChI=1S/C17H18N2O/c1-12-7-8-14(9-13(12)2)17(20)10-19-11-18-15-5-3-4-6-16(15)19/h3-9,11,17,20H,10H2,1-2H3. The molecule has 0 saturated heterocycles. The van der Waals surface area contributed by atoms with E-state index in [9.17, 15) is 5.11 Å². The van der Waals surface area contributed by atoms with Gasteiger partial charge in [-0.05, 0) is 42.7 Å². The number of para-hydroxylation sites is 2. The fourth-order valence-corrected chi connectivity index (χ4v) is 2.42. The van der Waals surface area contributed by atoms with Crippen LogP contribution in [0.3, 0.4) is 0 Å². The molecule has 0 radical (unpaired) electrons. The fourth-order valence-electron chi connectivity index (χ4n) is 2.42. The molecule has 3 aromatic rings. The highest BCUT2D eigenvalue weighted by Crippen LogP contribution is 2.21. The van der Waals surface area contributed by atoms with Gasteiger partial charge in [-0.15, -0.1) is 0 Å². The van der Waals surface area contributed by atoms with Crippen LogP contribution in [0.15, 0.2) is 48.8 Å². The van der Waals surface area contributed by atoms with Gasteiger partial charge in [0.05, 0.1) is 30.0 Å². The van der Waals surface area contributed by atoms with Gasteiger partial charge in [0.25, 0.3) is 0 Å². The SMILES string of the molecule is Cc1ccc(C(O)Cn2cnc3ccccc32)cc1C. The van der Waals surface area contributed by atoms with Crippen LogP contribution in [0.4, 0.5) is 0 Å². The van der Waals surface area contributed by atoms with Crippen molar-refractivity contribution in [1.29, 1.82) is 0 Å². The lowest BCUT2D eigenvalue weighted by atomic mass is 10.0. The van der Waals surface area contributed by atoms with Crippen molar-refractivity contribution in [2.45, 2.75) is 26.5 Å². The van der Waals surface area contributed by atoms with E-state index in [1.54, 1.807) is 6.33 Å². The largest absolute Gasteiger partial charge is 0.387 e. The number of aliphatic hydroxyl groups is 1. The molecule has 0 aliphatic heterocycles. The van der Waals surface area contributed by atoms with Gasteiger partial charge < -0.3 is 9.67 Å². The van der Waals surface area contributed by atoms with Crippen molar-refractivity contribution in [3.8, 4) is 0 Å². The predicted octanol–water partition coefficient (Wildman–Crippen LogP) is 3.39. The molecular formula is C17H18N2O. The fraction of sp³-hybridized carbons (Fsp3) is 0.235. The van der Waals surface area contributed by atoms with Crippen molar-refractivity contribution in [1.82, 2.24) is 9.55 Å².